The zero-order chi connectivity index (χ0) is 18.6. The van der Waals surface area contributed by atoms with Crippen LogP contribution < -0.4 is 10.6 Å². The Morgan fingerprint density at radius 1 is 1.24 bits per heavy atom. The smallest absolute Gasteiger partial charge is 0.407 e. The van der Waals surface area contributed by atoms with Gasteiger partial charge in [0.25, 0.3) is 0 Å². The minimum absolute atomic E-state index is 0.152. The quantitative estimate of drug-likeness (QED) is 0.653. The summed E-state index contributed by atoms with van der Waals surface area (Å²) in [6.07, 6.45) is 3.38. The topological polar surface area (TPSA) is 103 Å². The minimum Gasteiger partial charge on any atom is -0.478 e. The molecular formula is C18H29N3O4. The number of hydrogen-bond donors (Lipinski definition) is 4. The molecule has 0 bridgehead atoms. The zero-order valence-electron chi connectivity index (χ0n) is 15.4. The number of carbonyl (C=O) groups excluding carboxylic acids is 1. The first-order valence-electron chi connectivity index (χ1n) is 8.78. The average Bonchev–Trinajstić information content (AvgIpc) is 2.86. The molecule has 1 aromatic rings. The largest absolute Gasteiger partial charge is 0.478 e. The lowest BCUT2D eigenvalue weighted by Gasteiger charge is -2.30. The van der Waals surface area contributed by atoms with Gasteiger partial charge in [0.1, 0.15) is 5.60 Å². The van der Waals surface area contributed by atoms with Gasteiger partial charge < -0.3 is 25.5 Å². The highest BCUT2D eigenvalue weighted by atomic mass is 16.6. The van der Waals surface area contributed by atoms with E-state index >= 15 is 0 Å². The van der Waals surface area contributed by atoms with E-state index in [0.29, 0.717) is 23.8 Å². The summed E-state index contributed by atoms with van der Waals surface area (Å²) in [4.78, 5) is 26.0. The van der Waals surface area contributed by atoms with Gasteiger partial charge in [-0.1, -0.05) is 0 Å². The van der Waals surface area contributed by atoms with Gasteiger partial charge in [-0.3, -0.25) is 0 Å². The van der Waals surface area contributed by atoms with Gasteiger partial charge in [0.2, 0.25) is 0 Å². The third-order valence-corrected chi connectivity index (χ3v) is 4.33. The minimum atomic E-state index is -0.909. The van der Waals surface area contributed by atoms with E-state index < -0.39 is 11.6 Å². The number of nitrogens with one attached hydrogen (secondary N) is 3. The summed E-state index contributed by atoms with van der Waals surface area (Å²) in [7, 11) is 0. The Hall–Kier alpha value is -2.02. The number of carboxylic acid groups (broad SMARTS) is 1. The van der Waals surface area contributed by atoms with Crippen molar-refractivity contribution in [3.05, 3.63) is 23.0 Å². The Bertz CT molecular complexity index is 610. The van der Waals surface area contributed by atoms with Crippen LogP contribution in [0.4, 0.5) is 4.79 Å². The van der Waals surface area contributed by atoms with Gasteiger partial charge in [-0.15, -0.1) is 0 Å². The molecular weight excluding hydrogens is 322 g/mol. The molecule has 0 unspecified atom stereocenters. The Kier molecular flexibility index (Phi) is 6.11. The van der Waals surface area contributed by atoms with Crippen LogP contribution in [0, 0.1) is 6.92 Å². The van der Waals surface area contributed by atoms with Gasteiger partial charge in [0.05, 0.1) is 5.56 Å². The van der Waals surface area contributed by atoms with Crippen LogP contribution in [0.2, 0.25) is 0 Å². The van der Waals surface area contributed by atoms with Gasteiger partial charge in [-0.25, -0.2) is 9.59 Å². The molecule has 0 aromatic carbocycles. The first-order valence-corrected chi connectivity index (χ1v) is 8.78. The monoisotopic (exact) mass is 351 g/mol. The predicted molar refractivity (Wildman–Crippen MR) is 94.7 cm³/mol. The number of carboxylic acids is 1. The summed E-state index contributed by atoms with van der Waals surface area (Å²) in [6, 6.07) is 2.20. The van der Waals surface area contributed by atoms with E-state index in [1.54, 1.807) is 13.0 Å². The molecule has 1 aliphatic carbocycles. The van der Waals surface area contributed by atoms with Crippen molar-refractivity contribution in [2.75, 3.05) is 0 Å². The summed E-state index contributed by atoms with van der Waals surface area (Å²) < 4.78 is 5.29. The Morgan fingerprint density at radius 3 is 2.36 bits per heavy atom. The van der Waals surface area contributed by atoms with Crippen LogP contribution in [-0.2, 0) is 11.3 Å². The molecule has 4 N–H and O–H groups in total. The lowest BCUT2D eigenvalue weighted by Crippen LogP contribution is -2.43. The number of ether oxygens (including phenoxy) is 1. The van der Waals surface area contributed by atoms with Crippen LogP contribution in [-0.4, -0.2) is 39.8 Å². The van der Waals surface area contributed by atoms with Crippen molar-refractivity contribution in [1.82, 2.24) is 15.6 Å². The van der Waals surface area contributed by atoms with Crippen LogP contribution in [0.3, 0.4) is 0 Å². The highest BCUT2D eigenvalue weighted by Crippen LogP contribution is 2.20. The molecule has 0 saturated heterocycles. The van der Waals surface area contributed by atoms with E-state index in [-0.39, 0.29) is 12.1 Å². The summed E-state index contributed by atoms with van der Waals surface area (Å²) in [5, 5.41) is 15.5. The molecule has 7 heteroatoms. The second-order valence-electron chi connectivity index (χ2n) is 7.71. The van der Waals surface area contributed by atoms with Crippen molar-refractivity contribution in [1.29, 1.82) is 0 Å². The number of H-pyrrole nitrogens is 1. The molecule has 0 spiro atoms. The van der Waals surface area contributed by atoms with Crippen LogP contribution in [0.1, 0.15) is 68.2 Å². The molecule has 0 radical (unpaired) electrons. The Labute approximate surface area is 148 Å². The van der Waals surface area contributed by atoms with Crippen molar-refractivity contribution < 1.29 is 19.4 Å². The first-order chi connectivity index (χ1) is 11.6. The summed E-state index contributed by atoms with van der Waals surface area (Å²) in [5.41, 5.74) is 1.40. The zero-order valence-corrected chi connectivity index (χ0v) is 15.4. The van der Waals surface area contributed by atoms with Crippen molar-refractivity contribution >= 4 is 12.1 Å². The van der Waals surface area contributed by atoms with Crippen LogP contribution in [0.15, 0.2) is 6.07 Å². The number of aromatic amines is 1. The van der Waals surface area contributed by atoms with Crippen LogP contribution in [0.5, 0.6) is 0 Å². The molecule has 0 aliphatic heterocycles. The third-order valence-electron chi connectivity index (χ3n) is 4.33. The standard InChI is InChI=1S/C18H29N3O4/c1-11-15(16(22)23)9-14(20-11)10-19-12-5-7-13(8-6-12)21-17(24)25-18(2,3)4/h9,12-13,19-20H,5-8,10H2,1-4H3,(H,21,24)(H,22,23). The lowest BCUT2D eigenvalue weighted by molar-refractivity contribution is 0.0489. The molecule has 1 aromatic heterocycles. The Morgan fingerprint density at radius 2 is 1.84 bits per heavy atom. The first kappa shape index (κ1) is 19.3. The molecule has 7 nitrogen and oxygen atoms in total. The van der Waals surface area contributed by atoms with E-state index in [1.165, 1.54) is 0 Å². The molecule has 1 heterocycles. The van der Waals surface area contributed by atoms with Gasteiger partial charge in [-0.2, -0.15) is 0 Å². The van der Waals surface area contributed by atoms with Crippen LogP contribution >= 0.6 is 0 Å². The number of aromatic nitrogens is 1. The van der Waals surface area contributed by atoms with Gasteiger partial charge in [0, 0.05) is 30.0 Å². The van der Waals surface area contributed by atoms with Gasteiger partial charge >= 0.3 is 12.1 Å². The Balaban J connectivity index is 1.73. The maximum Gasteiger partial charge on any atom is 0.407 e. The summed E-state index contributed by atoms with van der Waals surface area (Å²) in [5.74, 6) is -0.909. The molecule has 1 fully saturated rings. The van der Waals surface area contributed by atoms with E-state index in [1.807, 2.05) is 20.8 Å². The second kappa shape index (κ2) is 7.91. The molecule has 2 rings (SSSR count). The summed E-state index contributed by atoms with van der Waals surface area (Å²) in [6.45, 7) is 7.94. The van der Waals surface area contributed by atoms with Gasteiger partial charge in [0.15, 0.2) is 0 Å². The molecule has 140 valence electrons. The highest BCUT2D eigenvalue weighted by Gasteiger charge is 2.24. The van der Waals surface area contributed by atoms with Crippen molar-refractivity contribution in [2.24, 2.45) is 0 Å². The van der Waals surface area contributed by atoms with E-state index in [4.69, 9.17) is 9.84 Å². The van der Waals surface area contributed by atoms with Gasteiger partial charge in [-0.05, 0) is 59.4 Å². The SMILES string of the molecule is Cc1[nH]c(CNC2CCC(NC(=O)OC(C)(C)C)CC2)cc1C(=O)O. The fraction of sp³-hybridized carbons (Fsp3) is 0.667. The van der Waals surface area contributed by atoms with Crippen molar-refractivity contribution in [3.8, 4) is 0 Å². The number of amides is 1. The maximum atomic E-state index is 11.8. The fourth-order valence-corrected chi connectivity index (χ4v) is 3.11. The van der Waals surface area contributed by atoms with Crippen molar-refractivity contribution in [2.45, 2.75) is 77.6 Å². The number of rotatable bonds is 5. The van der Waals surface area contributed by atoms with E-state index in [2.05, 4.69) is 15.6 Å². The van der Waals surface area contributed by atoms with Crippen LogP contribution in [0.25, 0.3) is 0 Å². The lowest BCUT2D eigenvalue weighted by atomic mass is 9.91. The predicted octanol–water partition coefficient (Wildman–Crippen LogP) is 2.95. The molecule has 25 heavy (non-hydrogen) atoms. The van der Waals surface area contributed by atoms with E-state index in [9.17, 15) is 9.59 Å². The normalized spacial score (nSPS) is 21.0. The molecule has 1 amide bonds. The average molecular weight is 351 g/mol. The maximum absolute atomic E-state index is 11.8. The summed E-state index contributed by atoms with van der Waals surface area (Å²) >= 11 is 0. The fourth-order valence-electron chi connectivity index (χ4n) is 3.11. The second-order valence-corrected chi connectivity index (χ2v) is 7.71. The number of aryl methyl sites for hydroxylation is 1. The highest BCUT2D eigenvalue weighted by molar-refractivity contribution is 5.89. The molecule has 0 atom stereocenters. The number of hydrogen-bond acceptors (Lipinski definition) is 4. The van der Waals surface area contributed by atoms with Crippen molar-refractivity contribution in [3.63, 3.8) is 0 Å². The number of alkyl carbamates (subject to hydrolysis) is 1. The number of carbonyl (C=O) groups is 2. The molecule has 1 aliphatic rings. The molecule has 1 saturated carbocycles. The third kappa shape index (κ3) is 6.08. The number of aromatic carboxylic acids is 1. The van der Waals surface area contributed by atoms with E-state index in [0.717, 1.165) is 31.4 Å².